The largest absolute Gasteiger partial charge is 0.497 e. The molecule has 21 heavy (non-hydrogen) atoms. The highest BCUT2D eigenvalue weighted by Crippen LogP contribution is 2.32. The van der Waals surface area contributed by atoms with Gasteiger partial charge in [-0.1, -0.05) is 11.6 Å². The molecule has 2 aromatic rings. The molecule has 0 fully saturated rings. The summed E-state index contributed by atoms with van der Waals surface area (Å²) in [4.78, 5) is 4.10. The van der Waals surface area contributed by atoms with Crippen LogP contribution in [0.1, 0.15) is 18.5 Å². The molecule has 0 radical (unpaired) electrons. The van der Waals surface area contributed by atoms with E-state index in [-0.39, 0.29) is 6.04 Å². The maximum absolute atomic E-state index is 5.90. The number of hydrogen-bond acceptors (Lipinski definition) is 4. The van der Waals surface area contributed by atoms with Crippen LogP contribution in [0.3, 0.4) is 0 Å². The number of aromatic nitrogens is 1. The van der Waals surface area contributed by atoms with Crippen LogP contribution in [-0.2, 0) is 0 Å². The van der Waals surface area contributed by atoms with Gasteiger partial charge in [0.1, 0.15) is 16.7 Å². The van der Waals surface area contributed by atoms with E-state index in [1.807, 2.05) is 31.2 Å². The Balaban J connectivity index is 2.26. The van der Waals surface area contributed by atoms with Gasteiger partial charge in [-0.25, -0.2) is 4.98 Å². The molecule has 0 spiro atoms. The highest BCUT2D eigenvalue weighted by molar-refractivity contribution is 9.10. The summed E-state index contributed by atoms with van der Waals surface area (Å²) in [5, 5.41) is 3.80. The number of nitrogens with one attached hydrogen (secondary N) is 1. The average molecular weight is 372 g/mol. The molecule has 6 heteroatoms. The molecule has 2 rings (SSSR count). The molecule has 0 amide bonds. The number of hydrogen-bond donors (Lipinski definition) is 1. The third-order valence-corrected chi connectivity index (χ3v) is 4.22. The first-order valence-corrected chi connectivity index (χ1v) is 7.51. The molecule has 1 aromatic carbocycles. The number of rotatable bonds is 5. The summed E-state index contributed by atoms with van der Waals surface area (Å²) in [5.41, 5.74) is 1.87. The fourth-order valence-electron chi connectivity index (χ4n) is 2.01. The Labute approximate surface area is 137 Å². The lowest BCUT2D eigenvalue weighted by Gasteiger charge is -2.19. The lowest BCUT2D eigenvalue weighted by atomic mass is 10.1. The summed E-state index contributed by atoms with van der Waals surface area (Å²) >= 11 is 9.26. The molecular weight excluding hydrogens is 356 g/mol. The van der Waals surface area contributed by atoms with Gasteiger partial charge in [-0.15, -0.1) is 0 Å². The van der Waals surface area contributed by atoms with Crippen LogP contribution in [0.25, 0.3) is 0 Å². The number of benzene rings is 1. The van der Waals surface area contributed by atoms with Crippen LogP contribution in [-0.4, -0.2) is 19.2 Å². The Morgan fingerprint density at radius 3 is 2.62 bits per heavy atom. The van der Waals surface area contributed by atoms with Crippen molar-refractivity contribution in [2.45, 2.75) is 13.0 Å². The number of nitrogens with zero attached hydrogens (tertiary/aromatic N) is 1. The molecule has 0 aliphatic carbocycles. The quantitative estimate of drug-likeness (QED) is 0.775. The zero-order valence-corrected chi connectivity index (χ0v) is 14.3. The van der Waals surface area contributed by atoms with Crippen molar-refractivity contribution in [1.82, 2.24) is 4.98 Å². The van der Waals surface area contributed by atoms with E-state index in [2.05, 4.69) is 26.2 Å². The molecule has 4 nitrogen and oxygen atoms in total. The lowest BCUT2D eigenvalue weighted by Crippen LogP contribution is -2.08. The predicted octanol–water partition coefficient (Wildman–Crippen LogP) is 4.69. The minimum absolute atomic E-state index is 0.0184. The first-order valence-electron chi connectivity index (χ1n) is 6.34. The topological polar surface area (TPSA) is 43.4 Å². The van der Waals surface area contributed by atoms with Crippen LogP contribution in [0, 0.1) is 0 Å². The van der Waals surface area contributed by atoms with Crippen molar-refractivity contribution in [3.8, 4) is 11.5 Å². The van der Waals surface area contributed by atoms with Crippen molar-refractivity contribution in [2.75, 3.05) is 19.5 Å². The maximum atomic E-state index is 5.90. The molecule has 0 saturated heterocycles. The van der Waals surface area contributed by atoms with Gasteiger partial charge in [0, 0.05) is 5.56 Å². The van der Waals surface area contributed by atoms with Crippen molar-refractivity contribution in [1.29, 1.82) is 0 Å². The molecule has 0 aliphatic rings. The van der Waals surface area contributed by atoms with Gasteiger partial charge < -0.3 is 14.8 Å². The molecular formula is C15H16BrClN2O2. The lowest BCUT2D eigenvalue weighted by molar-refractivity contribution is 0.397. The summed E-state index contributed by atoms with van der Waals surface area (Å²) in [6, 6.07) is 7.62. The second-order valence-corrected chi connectivity index (χ2v) is 5.68. The van der Waals surface area contributed by atoms with Crippen molar-refractivity contribution in [3.05, 3.63) is 45.7 Å². The Hall–Kier alpha value is -1.46. The Morgan fingerprint density at radius 2 is 2.00 bits per heavy atom. The van der Waals surface area contributed by atoms with Crippen LogP contribution in [0.5, 0.6) is 11.5 Å². The van der Waals surface area contributed by atoms with Crippen molar-refractivity contribution in [3.63, 3.8) is 0 Å². The first kappa shape index (κ1) is 15.9. The Bertz CT molecular complexity index is 637. The molecule has 0 bridgehead atoms. The third-order valence-electron chi connectivity index (χ3n) is 3.08. The molecule has 1 N–H and O–H groups in total. The fourth-order valence-corrected chi connectivity index (χ4v) is 2.46. The highest BCUT2D eigenvalue weighted by atomic mass is 79.9. The average Bonchev–Trinajstić information content (AvgIpc) is 2.50. The zero-order chi connectivity index (χ0) is 15.4. The van der Waals surface area contributed by atoms with Gasteiger partial charge >= 0.3 is 0 Å². The van der Waals surface area contributed by atoms with Crippen LogP contribution < -0.4 is 14.8 Å². The fraction of sp³-hybridized carbons (Fsp3) is 0.267. The van der Waals surface area contributed by atoms with E-state index in [4.69, 9.17) is 21.1 Å². The number of pyridine rings is 1. The zero-order valence-electron chi connectivity index (χ0n) is 12.0. The van der Waals surface area contributed by atoms with Crippen molar-refractivity contribution >= 4 is 33.2 Å². The van der Waals surface area contributed by atoms with Crippen molar-refractivity contribution < 1.29 is 9.47 Å². The minimum atomic E-state index is 0.0184. The Morgan fingerprint density at radius 1 is 1.24 bits per heavy atom. The number of ether oxygens (including phenoxy) is 2. The van der Waals surface area contributed by atoms with E-state index < -0.39 is 0 Å². The molecule has 0 saturated carbocycles. The van der Waals surface area contributed by atoms with Crippen LogP contribution in [0.15, 0.2) is 34.9 Å². The molecule has 1 unspecified atom stereocenters. The molecule has 1 aromatic heterocycles. The van der Waals surface area contributed by atoms with Gasteiger partial charge in [-0.05, 0) is 47.1 Å². The predicted molar refractivity (Wildman–Crippen MR) is 88.5 cm³/mol. The van der Waals surface area contributed by atoms with Gasteiger partial charge in [-0.2, -0.15) is 0 Å². The summed E-state index contributed by atoms with van der Waals surface area (Å²) in [5.74, 6) is 1.59. The molecule has 1 atom stereocenters. The van der Waals surface area contributed by atoms with E-state index in [1.165, 1.54) is 0 Å². The van der Waals surface area contributed by atoms with Gasteiger partial charge in [0.2, 0.25) is 0 Å². The van der Waals surface area contributed by atoms with E-state index in [9.17, 15) is 0 Å². The SMILES string of the molecule is COc1ccc(OC)c(C(C)Nc2cnc(Cl)c(Br)c2)c1. The first-order chi connectivity index (χ1) is 10.0. The number of anilines is 1. The highest BCUT2D eigenvalue weighted by Gasteiger charge is 2.13. The smallest absolute Gasteiger partial charge is 0.143 e. The van der Waals surface area contributed by atoms with E-state index in [0.29, 0.717) is 5.15 Å². The maximum Gasteiger partial charge on any atom is 0.143 e. The monoisotopic (exact) mass is 370 g/mol. The van der Waals surface area contributed by atoms with Gasteiger partial charge in [0.25, 0.3) is 0 Å². The van der Waals surface area contributed by atoms with Crippen LogP contribution in [0.4, 0.5) is 5.69 Å². The summed E-state index contributed by atoms with van der Waals surface area (Å²) in [6.07, 6.45) is 1.69. The van der Waals surface area contributed by atoms with E-state index in [1.54, 1.807) is 20.4 Å². The van der Waals surface area contributed by atoms with Gasteiger partial charge in [0.15, 0.2) is 0 Å². The summed E-state index contributed by atoms with van der Waals surface area (Å²) in [7, 11) is 3.29. The second-order valence-electron chi connectivity index (χ2n) is 4.47. The van der Waals surface area contributed by atoms with Crippen LogP contribution in [0.2, 0.25) is 5.15 Å². The molecule has 112 valence electrons. The van der Waals surface area contributed by atoms with Crippen molar-refractivity contribution in [2.24, 2.45) is 0 Å². The second kappa shape index (κ2) is 7.00. The molecule has 1 heterocycles. The van der Waals surface area contributed by atoms with E-state index >= 15 is 0 Å². The van der Waals surface area contributed by atoms with Crippen LogP contribution >= 0.6 is 27.5 Å². The Kier molecular flexibility index (Phi) is 5.31. The van der Waals surface area contributed by atoms with Gasteiger partial charge in [-0.3, -0.25) is 0 Å². The summed E-state index contributed by atoms with van der Waals surface area (Å²) < 4.78 is 11.4. The summed E-state index contributed by atoms with van der Waals surface area (Å²) in [6.45, 7) is 2.04. The third kappa shape index (κ3) is 3.80. The minimum Gasteiger partial charge on any atom is -0.497 e. The number of halogens is 2. The van der Waals surface area contributed by atoms with Gasteiger partial charge in [0.05, 0.1) is 36.6 Å². The standard InChI is InChI=1S/C15H16BrClN2O2/c1-9(19-10-6-13(16)15(17)18-8-10)12-7-11(20-2)4-5-14(12)21-3/h4-9,19H,1-3H3. The number of methoxy groups -OCH3 is 2. The molecule has 0 aliphatic heterocycles. The van der Waals surface area contributed by atoms with E-state index in [0.717, 1.165) is 27.2 Å². The normalized spacial score (nSPS) is 11.9.